The monoisotopic (exact) mass is 421 g/mol. The fourth-order valence-electron chi connectivity index (χ4n) is 5.29. The summed E-state index contributed by atoms with van der Waals surface area (Å²) in [5.74, 6) is 0.0168. The van der Waals surface area contributed by atoms with Gasteiger partial charge in [-0.15, -0.1) is 11.3 Å². The Morgan fingerprint density at radius 1 is 1.20 bits per heavy atom. The van der Waals surface area contributed by atoms with Crippen LogP contribution in [0.3, 0.4) is 0 Å². The van der Waals surface area contributed by atoms with Crippen molar-refractivity contribution >= 4 is 33.1 Å². The Kier molecular flexibility index (Phi) is 4.43. The van der Waals surface area contributed by atoms with Crippen molar-refractivity contribution in [3.8, 4) is 0 Å². The van der Waals surface area contributed by atoms with Gasteiger partial charge in [0, 0.05) is 33.0 Å². The Morgan fingerprint density at radius 2 is 1.97 bits per heavy atom. The third-order valence-electron chi connectivity index (χ3n) is 7.02. The van der Waals surface area contributed by atoms with E-state index < -0.39 is 10.9 Å². The van der Waals surface area contributed by atoms with Gasteiger partial charge in [0.05, 0.1) is 10.5 Å². The van der Waals surface area contributed by atoms with E-state index in [1.807, 2.05) is 11.3 Å². The molecule has 1 heterocycles. The lowest BCUT2D eigenvalue weighted by Crippen LogP contribution is -2.37. The first kappa shape index (κ1) is 19.2. The van der Waals surface area contributed by atoms with Crippen molar-refractivity contribution in [1.82, 2.24) is 0 Å². The summed E-state index contributed by atoms with van der Waals surface area (Å²) in [6, 6.07) is 12.4. The number of hydrogen-bond acceptors (Lipinski definition) is 5. The molecule has 0 aliphatic heterocycles. The Morgan fingerprint density at radius 3 is 2.70 bits per heavy atom. The van der Waals surface area contributed by atoms with Crippen LogP contribution in [0.15, 0.2) is 42.5 Å². The summed E-state index contributed by atoms with van der Waals surface area (Å²) in [6.07, 6.45) is 3.75. The summed E-state index contributed by atoms with van der Waals surface area (Å²) >= 11 is 1.91. The first-order valence-corrected chi connectivity index (χ1v) is 11.2. The second-order valence-electron chi connectivity index (χ2n) is 8.78. The highest BCUT2D eigenvalue weighted by Gasteiger charge is 2.52. The fraction of sp³-hybridized carbons (Fsp3) is 0.375. The normalized spacial score (nSPS) is 25.0. The lowest BCUT2D eigenvalue weighted by Gasteiger charge is -2.39. The van der Waals surface area contributed by atoms with E-state index in [4.69, 9.17) is 4.74 Å². The number of non-ortho nitro benzene ring substituents is 1. The number of esters is 1. The topological polar surface area (TPSA) is 69.4 Å². The molecule has 6 heteroatoms. The summed E-state index contributed by atoms with van der Waals surface area (Å²) < 4.78 is 7.33. The van der Waals surface area contributed by atoms with Crippen molar-refractivity contribution < 1.29 is 14.5 Å². The number of rotatable bonds is 3. The molecule has 0 bridgehead atoms. The molecule has 2 aliphatic rings. The number of carbonyl (C=O) groups excluding carboxylic acids is 1. The van der Waals surface area contributed by atoms with Gasteiger partial charge >= 0.3 is 5.97 Å². The molecule has 1 saturated carbocycles. The first-order valence-electron chi connectivity index (χ1n) is 10.3. The summed E-state index contributed by atoms with van der Waals surface area (Å²) in [5, 5.41) is 12.2. The van der Waals surface area contributed by atoms with Crippen molar-refractivity contribution in [3.63, 3.8) is 0 Å². The highest BCUT2D eigenvalue weighted by atomic mass is 32.1. The van der Waals surface area contributed by atoms with Gasteiger partial charge in [0.1, 0.15) is 6.10 Å². The third-order valence-corrected chi connectivity index (χ3v) is 8.33. The Bertz CT molecular complexity index is 1170. The van der Waals surface area contributed by atoms with Crippen LogP contribution in [0.25, 0.3) is 10.1 Å². The molecule has 0 N–H and O–H groups in total. The van der Waals surface area contributed by atoms with E-state index in [0.717, 1.165) is 25.7 Å². The van der Waals surface area contributed by atoms with Gasteiger partial charge in [-0.25, -0.2) is 4.79 Å². The van der Waals surface area contributed by atoms with Crippen LogP contribution in [0.4, 0.5) is 5.69 Å². The third kappa shape index (κ3) is 2.93. The minimum absolute atomic E-state index is 0.0285. The molecule has 30 heavy (non-hydrogen) atoms. The van der Waals surface area contributed by atoms with E-state index in [0.29, 0.717) is 11.5 Å². The number of fused-ring (bicyclic) bond motifs is 5. The quantitative estimate of drug-likeness (QED) is 0.288. The molecule has 5 rings (SSSR count). The number of nitro groups is 1. The van der Waals surface area contributed by atoms with Gasteiger partial charge in [0.15, 0.2) is 0 Å². The van der Waals surface area contributed by atoms with E-state index in [-0.39, 0.29) is 17.2 Å². The van der Waals surface area contributed by atoms with Crippen LogP contribution in [0, 0.1) is 22.5 Å². The lowest BCUT2D eigenvalue weighted by atomic mass is 9.68. The number of aryl methyl sites for hydroxylation is 2. The number of benzene rings is 2. The number of nitrogens with zero attached hydrogens (tertiary/aromatic N) is 1. The van der Waals surface area contributed by atoms with E-state index in [1.54, 1.807) is 0 Å². The van der Waals surface area contributed by atoms with Crippen LogP contribution in [-0.4, -0.2) is 17.0 Å². The zero-order valence-corrected chi connectivity index (χ0v) is 17.8. The summed E-state index contributed by atoms with van der Waals surface area (Å²) in [6.45, 7) is 4.39. The summed E-state index contributed by atoms with van der Waals surface area (Å²) in [7, 11) is 0. The molecule has 1 aromatic heterocycles. The molecule has 5 nitrogen and oxygen atoms in total. The minimum atomic E-state index is -0.468. The minimum Gasteiger partial charge on any atom is -0.458 e. The molecular weight excluding hydrogens is 398 g/mol. The number of ether oxygens (including phenoxy) is 1. The molecule has 0 radical (unpaired) electrons. The molecule has 3 atom stereocenters. The lowest BCUT2D eigenvalue weighted by molar-refractivity contribution is -0.384. The smallest absolute Gasteiger partial charge is 0.338 e. The van der Waals surface area contributed by atoms with Gasteiger partial charge in [-0.05, 0) is 67.3 Å². The Hall–Kier alpha value is -2.73. The molecule has 3 unspecified atom stereocenters. The van der Waals surface area contributed by atoms with Gasteiger partial charge in [0.2, 0.25) is 0 Å². The average molecular weight is 422 g/mol. The maximum Gasteiger partial charge on any atom is 0.338 e. The molecule has 2 aromatic carbocycles. The first-order chi connectivity index (χ1) is 14.4. The van der Waals surface area contributed by atoms with Gasteiger partial charge in [0.25, 0.3) is 5.69 Å². The van der Waals surface area contributed by atoms with Crippen molar-refractivity contribution in [2.24, 2.45) is 5.41 Å². The maximum atomic E-state index is 12.7. The van der Waals surface area contributed by atoms with E-state index in [1.165, 1.54) is 50.4 Å². The zero-order chi connectivity index (χ0) is 21.0. The van der Waals surface area contributed by atoms with Crippen molar-refractivity contribution in [3.05, 3.63) is 74.1 Å². The molecule has 2 aliphatic carbocycles. The molecule has 0 saturated heterocycles. The summed E-state index contributed by atoms with van der Waals surface area (Å²) in [5.41, 5.74) is 3.03. The number of hydrogen-bond donors (Lipinski definition) is 0. The molecule has 0 amide bonds. The van der Waals surface area contributed by atoms with Crippen LogP contribution in [0.5, 0.6) is 0 Å². The van der Waals surface area contributed by atoms with Gasteiger partial charge in [-0.1, -0.05) is 19.1 Å². The predicted octanol–water partition coefficient (Wildman–Crippen LogP) is 6.17. The van der Waals surface area contributed by atoms with Crippen molar-refractivity contribution in [1.29, 1.82) is 0 Å². The predicted molar refractivity (Wildman–Crippen MR) is 117 cm³/mol. The molecule has 3 aromatic rings. The Labute approximate surface area is 178 Å². The Balaban J connectivity index is 1.40. The summed E-state index contributed by atoms with van der Waals surface area (Å²) in [4.78, 5) is 24.6. The van der Waals surface area contributed by atoms with E-state index in [2.05, 4.69) is 32.0 Å². The van der Waals surface area contributed by atoms with Gasteiger partial charge < -0.3 is 4.74 Å². The highest BCUT2D eigenvalue weighted by molar-refractivity contribution is 7.19. The SMILES string of the molecule is Cc1ccc2c3c(sc2c1)C1CCC(OC(=O)c2ccc([N+](=O)[O-])cc2)C1(C)CC3. The zero-order valence-electron chi connectivity index (χ0n) is 17.0. The largest absolute Gasteiger partial charge is 0.458 e. The second-order valence-corrected chi connectivity index (χ2v) is 9.86. The van der Waals surface area contributed by atoms with E-state index in [9.17, 15) is 14.9 Å². The van der Waals surface area contributed by atoms with Crippen LogP contribution in [0.1, 0.15) is 58.5 Å². The van der Waals surface area contributed by atoms with Crippen LogP contribution in [0.2, 0.25) is 0 Å². The molecular formula is C24H23NO4S. The standard InChI is InChI=1S/C24H23NO4S/c1-14-3-8-17-18-11-12-24(2)19(22(18)30-20(17)13-14)9-10-21(24)29-23(26)15-4-6-16(7-5-15)25(27)28/h3-8,13,19,21H,9-12H2,1-2H3. The average Bonchev–Trinajstić information content (AvgIpc) is 3.25. The molecule has 1 fully saturated rings. The number of carbonyl (C=O) groups is 1. The van der Waals surface area contributed by atoms with Crippen LogP contribution in [-0.2, 0) is 11.2 Å². The highest BCUT2D eigenvalue weighted by Crippen LogP contribution is 2.59. The van der Waals surface area contributed by atoms with Gasteiger partial charge in [-0.3, -0.25) is 10.1 Å². The van der Waals surface area contributed by atoms with Crippen molar-refractivity contribution in [2.75, 3.05) is 0 Å². The number of thiophene rings is 1. The number of nitro benzene ring substituents is 1. The van der Waals surface area contributed by atoms with Crippen LogP contribution < -0.4 is 0 Å². The van der Waals surface area contributed by atoms with Gasteiger partial charge in [-0.2, -0.15) is 0 Å². The van der Waals surface area contributed by atoms with Crippen molar-refractivity contribution in [2.45, 2.75) is 51.6 Å². The van der Waals surface area contributed by atoms with Crippen LogP contribution >= 0.6 is 11.3 Å². The maximum absolute atomic E-state index is 12.7. The molecule has 0 spiro atoms. The van der Waals surface area contributed by atoms with E-state index >= 15 is 0 Å². The molecule has 154 valence electrons. The fourth-order valence-corrected chi connectivity index (χ4v) is 6.93. The second kappa shape index (κ2) is 6.91.